The minimum atomic E-state index is 0.606. The zero-order valence-electron chi connectivity index (χ0n) is 34.5. The minimum absolute atomic E-state index is 0.606. The van der Waals surface area contributed by atoms with Gasteiger partial charge in [0.2, 0.25) is 0 Å². The first-order valence-corrected chi connectivity index (χ1v) is 22.4. The molecule has 0 radical (unpaired) electrons. The fourth-order valence-electron chi connectivity index (χ4n) is 9.64. The highest BCUT2D eigenvalue weighted by molar-refractivity contribution is 7.26. The molecular weight excluding hydrogens is 797 g/mol. The molecule has 0 atom stereocenters. The molecule has 0 unspecified atom stereocenters. The molecule has 13 rings (SSSR count). The predicted octanol–water partition coefficient (Wildman–Crippen LogP) is 16.0. The summed E-state index contributed by atoms with van der Waals surface area (Å²) in [5.74, 6) is 1.85. The van der Waals surface area contributed by atoms with Gasteiger partial charge in [-0.1, -0.05) is 188 Å². The summed E-state index contributed by atoms with van der Waals surface area (Å²) in [5, 5.41) is 9.91. The molecule has 13 aromatic rings. The highest BCUT2D eigenvalue weighted by Crippen LogP contribution is 2.44. The zero-order valence-corrected chi connectivity index (χ0v) is 35.3. The van der Waals surface area contributed by atoms with Crippen LogP contribution in [0, 0.1) is 0 Å². The van der Waals surface area contributed by atoms with Crippen molar-refractivity contribution in [3.05, 3.63) is 218 Å². The number of nitrogens with zero attached hydrogens (tertiary/aromatic N) is 4. The lowest BCUT2D eigenvalue weighted by Gasteiger charge is -2.17. The van der Waals surface area contributed by atoms with Gasteiger partial charge < -0.3 is 4.57 Å². The van der Waals surface area contributed by atoms with Gasteiger partial charge in [0.1, 0.15) is 0 Å². The van der Waals surface area contributed by atoms with Crippen molar-refractivity contribution in [2.45, 2.75) is 0 Å². The first kappa shape index (κ1) is 36.4. The van der Waals surface area contributed by atoms with E-state index in [0.29, 0.717) is 17.5 Å². The van der Waals surface area contributed by atoms with Crippen LogP contribution in [0.3, 0.4) is 0 Å². The number of thiophene rings is 1. The van der Waals surface area contributed by atoms with Crippen LogP contribution in [-0.4, -0.2) is 19.5 Å². The molecule has 4 nitrogen and oxygen atoms in total. The Morgan fingerprint density at radius 3 is 1.52 bits per heavy atom. The predicted molar refractivity (Wildman–Crippen MR) is 269 cm³/mol. The molecule has 298 valence electrons. The molecule has 0 fully saturated rings. The monoisotopic (exact) mass is 832 g/mol. The average molecular weight is 833 g/mol. The average Bonchev–Trinajstić information content (AvgIpc) is 3.93. The number of fused-ring (bicyclic) bond motifs is 10. The molecule has 0 amide bonds. The van der Waals surface area contributed by atoms with Crippen molar-refractivity contribution >= 4 is 74.9 Å². The van der Waals surface area contributed by atoms with E-state index in [9.17, 15) is 0 Å². The topological polar surface area (TPSA) is 43.6 Å². The summed E-state index contributed by atoms with van der Waals surface area (Å²) in [5.41, 5.74) is 10.6. The molecule has 0 aliphatic heterocycles. The van der Waals surface area contributed by atoms with Gasteiger partial charge in [0, 0.05) is 47.6 Å². The molecule has 10 aromatic carbocycles. The first-order chi connectivity index (χ1) is 31.7. The van der Waals surface area contributed by atoms with Crippen molar-refractivity contribution in [1.82, 2.24) is 19.5 Å². The second kappa shape index (κ2) is 14.7. The van der Waals surface area contributed by atoms with Crippen LogP contribution in [0.15, 0.2) is 218 Å². The third kappa shape index (κ3) is 5.86. The van der Waals surface area contributed by atoms with Crippen LogP contribution in [0.25, 0.3) is 126 Å². The van der Waals surface area contributed by atoms with Crippen LogP contribution in [0.4, 0.5) is 0 Å². The van der Waals surface area contributed by atoms with Gasteiger partial charge in [0.05, 0.1) is 16.7 Å². The Morgan fingerprint density at radius 2 is 0.844 bits per heavy atom. The van der Waals surface area contributed by atoms with Gasteiger partial charge in [-0.3, -0.25) is 0 Å². The third-order valence-electron chi connectivity index (χ3n) is 12.7. The Morgan fingerprint density at radius 1 is 0.328 bits per heavy atom. The molecule has 0 saturated heterocycles. The summed E-state index contributed by atoms with van der Waals surface area (Å²) < 4.78 is 5.02. The standard InChI is InChI=1S/C59H36N4S/c1-3-14-37(15-4-1)43-30-33-49(52(36-43)63-50-34-31-38-16-7-9-20-44(38)54(50)55-45-21-10-8-17-39(45)32-35-51(55)63)59-61-57(41-18-5-2-6-19-41)60-58(62-59)42-28-26-40(27-29-42)46-23-13-24-48-47-22-11-12-25-53(47)64-56(46)48/h1-36H. The number of hydrogen-bond acceptors (Lipinski definition) is 4. The van der Waals surface area contributed by atoms with Crippen molar-refractivity contribution in [3.8, 4) is 62.1 Å². The van der Waals surface area contributed by atoms with E-state index in [1.54, 1.807) is 0 Å². The van der Waals surface area contributed by atoms with E-state index in [-0.39, 0.29) is 0 Å². The van der Waals surface area contributed by atoms with E-state index in [4.69, 9.17) is 15.0 Å². The Bertz CT molecular complexity index is 3850. The van der Waals surface area contributed by atoms with Crippen LogP contribution < -0.4 is 0 Å². The second-order valence-corrected chi connectivity index (χ2v) is 17.4. The molecular formula is C59H36N4S. The van der Waals surface area contributed by atoms with Crippen molar-refractivity contribution in [1.29, 1.82) is 0 Å². The van der Waals surface area contributed by atoms with Crippen LogP contribution >= 0.6 is 11.3 Å². The molecule has 3 aromatic heterocycles. The van der Waals surface area contributed by atoms with Gasteiger partial charge in [0.15, 0.2) is 17.5 Å². The molecule has 3 heterocycles. The van der Waals surface area contributed by atoms with Crippen molar-refractivity contribution in [2.24, 2.45) is 0 Å². The van der Waals surface area contributed by atoms with Crippen molar-refractivity contribution in [2.75, 3.05) is 0 Å². The molecule has 64 heavy (non-hydrogen) atoms. The van der Waals surface area contributed by atoms with Gasteiger partial charge in [-0.05, 0) is 74.1 Å². The molecule has 0 aliphatic rings. The maximum absolute atomic E-state index is 5.38. The van der Waals surface area contributed by atoms with Gasteiger partial charge in [-0.25, -0.2) is 15.0 Å². The third-order valence-corrected chi connectivity index (χ3v) is 13.9. The van der Waals surface area contributed by atoms with Gasteiger partial charge in [-0.2, -0.15) is 0 Å². The minimum Gasteiger partial charge on any atom is -0.308 e. The summed E-state index contributed by atoms with van der Waals surface area (Å²) in [6, 6.07) is 78.0. The fourth-order valence-corrected chi connectivity index (χ4v) is 10.9. The molecule has 5 heteroatoms. The normalized spacial score (nSPS) is 11.8. The van der Waals surface area contributed by atoms with Crippen molar-refractivity contribution < 1.29 is 0 Å². The van der Waals surface area contributed by atoms with Gasteiger partial charge >= 0.3 is 0 Å². The maximum atomic E-state index is 5.38. The van der Waals surface area contributed by atoms with E-state index < -0.39 is 0 Å². The molecule has 0 aliphatic carbocycles. The summed E-state index contributed by atoms with van der Waals surface area (Å²) in [7, 11) is 0. The molecule has 0 N–H and O–H groups in total. The lowest BCUT2D eigenvalue weighted by atomic mass is 10.00. The van der Waals surface area contributed by atoms with E-state index in [1.165, 1.54) is 58.1 Å². The fraction of sp³-hybridized carbons (Fsp3) is 0. The number of hydrogen-bond donors (Lipinski definition) is 0. The van der Waals surface area contributed by atoms with Crippen LogP contribution in [0.1, 0.15) is 0 Å². The SMILES string of the molecule is c1ccc(-c2ccc(-c3nc(-c4ccccc4)nc(-c4ccc(-c5cccc6c5sc5ccccc56)cc4)n3)c(-n3c4ccc5ccccc5c4c4c5ccccc5ccc43)c2)cc1. The number of aromatic nitrogens is 4. The zero-order chi connectivity index (χ0) is 42.1. The van der Waals surface area contributed by atoms with Crippen LogP contribution in [0.2, 0.25) is 0 Å². The quantitative estimate of drug-likeness (QED) is 0.168. The van der Waals surface area contributed by atoms with Gasteiger partial charge in [-0.15, -0.1) is 11.3 Å². The Labute approximate surface area is 373 Å². The summed E-state index contributed by atoms with van der Waals surface area (Å²) in [4.78, 5) is 15.9. The molecule has 0 saturated carbocycles. The van der Waals surface area contributed by atoms with E-state index in [2.05, 4.69) is 205 Å². The maximum Gasteiger partial charge on any atom is 0.166 e. The smallest absolute Gasteiger partial charge is 0.166 e. The Kier molecular flexibility index (Phi) is 8.36. The van der Waals surface area contributed by atoms with Crippen molar-refractivity contribution in [3.63, 3.8) is 0 Å². The lowest BCUT2D eigenvalue weighted by molar-refractivity contribution is 1.06. The van der Waals surface area contributed by atoms with E-state index >= 15 is 0 Å². The lowest BCUT2D eigenvalue weighted by Crippen LogP contribution is -2.04. The highest BCUT2D eigenvalue weighted by Gasteiger charge is 2.23. The van der Waals surface area contributed by atoms with Crippen LogP contribution in [-0.2, 0) is 0 Å². The summed E-state index contributed by atoms with van der Waals surface area (Å²) in [6.07, 6.45) is 0. The van der Waals surface area contributed by atoms with E-state index in [0.717, 1.165) is 50.1 Å². The summed E-state index contributed by atoms with van der Waals surface area (Å²) >= 11 is 1.85. The summed E-state index contributed by atoms with van der Waals surface area (Å²) in [6.45, 7) is 0. The number of benzene rings is 10. The highest BCUT2D eigenvalue weighted by atomic mass is 32.1. The Hall–Kier alpha value is -8.25. The molecule has 0 bridgehead atoms. The van der Waals surface area contributed by atoms with Gasteiger partial charge in [0.25, 0.3) is 0 Å². The Balaban J connectivity index is 1.05. The van der Waals surface area contributed by atoms with Crippen LogP contribution in [0.5, 0.6) is 0 Å². The van der Waals surface area contributed by atoms with E-state index in [1.807, 2.05) is 29.5 Å². The first-order valence-electron chi connectivity index (χ1n) is 21.6. The number of rotatable bonds is 6. The molecule has 0 spiro atoms. The second-order valence-electron chi connectivity index (χ2n) is 16.3. The largest absolute Gasteiger partial charge is 0.308 e.